The van der Waals surface area contributed by atoms with Gasteiger partial charge in [0.15, 0.2) is 34.0 Å². The maximum Gasteiger partial charge on any atom is 0.229 e. The van der Waals surface area contributed by atoms with Crippen molar-refractivity contribution >= 4 is 80.7 Å². The first kappa shape index (κ1) is 47.5. The molecule has 71 heavy (non-hydrogen) atoms. The van der Waals surface area contributed by atoms with E-state index in [-0.39, 0.29) is 66.1 Å². The Labute approximate surface area is 417 Å². The lowest BCUT2D eigenvalue weighted by Gasteiger charge is -2.31. The standard InChI is InChI=1S/C41H50Cl3N21O6/c42-37-53-33(27-35(55-37)62(15-45-27)23-9-25(31(70)29(23)68)64-47-11-21(13-66)60-64)49-17-4-6-18(7-5-17)51-40-57-39(44)58-41(59-40)52-20-3-1-2-19(8-20)50-34-28-36(56-38(43)54-34)63(16-46-28)24-10-26(32(71)30(24)69)65-48-12-22(14-67)61-65/h11-12,15-20,23-26,29-32,66-71H,1-10,13-14H2,(H,49,53,55)(H,50,54,56)(H2,51,52,57,58,59)/t17?,18?,19-,20-,23+,24+,25-,26-,29-,30-,31+,32+/m0/s1. The molecule has 0 bridgehead atoms. The van der Waals surface area contributed by atoms with Gasteiger partial charge in [0.1, 0.15) is 47.9 Å². The van der Waals surface area contributed by atoms with Crippen molar-refractivity contribution < 1.29 is 30.6 Å². The number of aliphatic hydroxyl groups is 6. The molecule has 30 heteroatoms. The second-order valence-electron chi connectivity index (χ2n) is 18.6. The van der Waals surface area contributed by atoms with E-state index >= 15 is 0 Å². The van der Waals surface area contributed by atoms with Crippen LogP contribution in [0.4, 0.5) is 23.5 Å². The van der Waals surface area contributed by atoms with Crippen molar-refractivity contribution in [3.05, 3.63) is 52.3 Å². The van der Waals surface area contributed by atoms with E-state index in [9.17, 15) is 30.6 Å². The smallest absolute Gasteiger partial charge is 0.229 e. The summed E-state index contributed by atoms with van der Waals surface area (Å²) in [7, 11) is 0. The number of hydrogen-bond acceptors (Lipinski definition) is 23. The fraction of sp³-hybridized carbons (Fsp3) is 0.585. The molecule has 7 aromatic rings. The average molecular weight is 1040 g/mol. The van der Waals surface area contributed by atoms with Crippen molar-refractivity contribution in [2.24, 2.45) is 0 Å². The zero-order valence-corrected chi connectivity index (χ0v) is 39.9. The molecule has 4 fully saturated rings. The molecule has 4 aliphatic carbocycles. The van der Waals surface area contributed by atoms with Crippen LogP contribution in [0.15, 0.2) is 25.0 Å². The van der Waals surface area contributed by atoms with Crippen LogP contribution in [0.25, 0.3) is 22.3 Å². The van der Waals surface area contributed by atoms with E-state index in [4.69, 9.17) is 39.8 Å². The Morgan fingerprint density at radius 1 is 0.493 bits per heavy atom. The molecule has 11 rings (SSSR count). The van der Waals surface area contributed by atoms with Crippen molar-refractivity contribution in [3.8, 4) is 0 Å². The molecule has 0 unspecified atom stereocenters. The van der Waals surface area contributed by atoms with Gasteiger partial charge in [-0.15, -0.1) is 0 Å². The highest BCUT2D eigenvalue weighted by molar-refractivity contribution is 6.29. The van der Waals surface area contributed by atoms with Gasteiger partial charge in [0.25, 0.3) is 0 Å². The van der Waals surface area contributed by atoms with Gasteiger partial charge in [-0.05, 0) is 99.0 Å². The Morgan fingerprint density at radius 3 is 1.39 bits per heavy atom. The highest BCUT2D eigenvalue weighted by Crippen LogP contribution is 2.42. The van der Waals surface area contributed by atoms with Gasteiger partial charge in [-0.25, -0.2) is 9.97 Å². The van der Waals surface area contributed by atoms with Crippen molar-refractivity contribution in [3.63, 3.8) is 0 Å². The molecule has 10 atom stereocenters. The maximum atomic E-state index is 11.1. The summed E-state index contributed by atoms with van der Waals surface area (Å²) in [6, 6.07) is -2.47. The molecule has 10 N–H and O–H groups in total. The van der Waals surface area contributed by atoms with Crippen LogP contribution in [0.2, 0.25) is 15.9 Å². The third-order valence-electron chi connectivity index (χ3n) is 14.1. The van der Waals surface area contributed by atoms with E-state index in [1.54, 1.807) is 21.8 Å². The Bertz CT molecular complexity index is 3020. The van der Waals surface area contributed by atoms with Crippen molar-refractivity contribution in [2.45, 2.75) is 150 Å². The number of rotatable bonds is 14. The Balaban J connectivity index is 0.700. The van der Waals surface area contributed by atoms with Gasteiger partial charge in [-0.2, -0.15) is 64.9 Å². The second kappa shape index (κ2) is 19.7. The van der Waals surface area contributed by atoms with E-state index in [1.807, 2.05) is 0 Å². The molecule has 4 aliphatic rings. The summed E-state index contributed by atoms with van der Waals surface area (Å²) in [5.74, 6) is 1.62. The Hall–Kier alpha value is -5.78. The Morgan fingerprint density at radius 2 is 0.915 bits per heavy atom. The third-order valence-corrected chi connectivity index (χ3v) is 14.6. The van der Waals surface area contributed by atoms with Gasteiger partial charge in [-0.3, -0.25) is 0 Å². The molecule has 0 aromatic carbocycles. The number of nitrogens with zero attached hydrogens (tertiary/aromatic N) is 17. The molecule has 0 radical (unpaired) electrons. The quantitative estimate of drug-likeness (QED) is 0.0694. The molecule has 376 valence electrons. The summed E-state index contributed by atoms with van der Waals surface area (Å²) in [6.07, 6.45) is 8.18. The van der Waals surface area contributed by atoms with Gasteiger partial charge in [0.05, 0.1) is 50.3 Å². The average Bonchev–Trinajstić information content (AvgIpc) is 4.23. The summed E-state index contributed by atoms with van der Waals surface area (Å²) >= 11 is 19.4. The number of hydrogen-bond donors (Lipinski definition) is 10. The fourth-order valence-corrected chi connectivity index (χ4v) is 11.1. The topological polar surface area (TPSA) is 357 Å². The first-order chi connectivity index (χ1) is 34.4. The number of imidazole rings is 2. The molecule has 0 spiro atoms. The Kier molecular flexibility index (Phi) is 13.2. The zero-order chi connectivity index (χ0) is 49.1. The lowest BCUT2D eigenvalue weighted by Crippen LogP contribution is -2.35. The maximum absolute atomic E-state index is 11.1. The fourth-order valence-electron chi connectivity index (χ4n) is 10.6. The van der Waals surface area contributed by atoms with Crippen molar-refractivity contribution in [1.82, 2.24) is 84.0 Å². The van der Waals surface area contributed by atoms with Crippen LogP contribution in [0, 0.1) is 0 Å². The number of fused-ring (bicyclic) bond motifs is 2. The summed E-state index contributed by atoms with van der Waals surface area (Å²) in [5.41, 5.74) is 2.45. The predicted molar refractivity (Wildman–Crippen MR) is 253 cm³/mol. The lowest BCUT2D eigenvalue weighted by molar-refractivity contribution is 0.00491. The molecular weight excluding hydrogens is 989 g/mol. The SMILES string of the molecule is OCc1cnn([C@H]2C[C@@H](n3cnc4c(NC5CCC(Nc6nc(Cl)nc(N[C@H]7CCC[C@H](Nc8nc(Cl)nc9c8ncn9[C@@H]8C[C@H](n9ncc(CO)n9)[C@@H](O)[C@H]8O)C7)n6)CC5)nc(Cl)nc43)[C@H](O)[C@@H]2O)n1. The van der Waals surface area contributed by atoms with Crippen LogP contribution in [-0.4, -0.2) is 163 Å². The summed E-state index contributed by atoms with van der Waals surface area (Å²) < 4.78 is 3.39. The molecular formula is C41H50Cl3N21O6. The highest BCUT2D eigenvalue weighted by atomic mass is 35.5. The van der Waals surface area contributed by atoms with Crippen molar-refractivity contribution in [1.29, 1.82) is 0 Å². The number of halogens is 3. The van der Waals surface area contributed by atoms with Gasteiger partial charge in [-0.1, -0.05) is 0 Å². The minimum absolute atomic E-state index is 0.00299. The number of aromatic nitrogens is 17. The van der Waals surface area contributed by atoms with Crippen molar-refractivity contribution in [2.75, 3.05) is 21.3 Å². The molecule has 0 amide bonds. The predicted octanol–water partition coefficient (Wildman–Crippen LogP) is 1.76. The number of nitrogens with one attached hydrogen (secondary N) is 4. The van der Waals surface area contributed by atoms with Gasteiger partial charge in [0, 0.05) is 24.2 Å². The molecule has 27 nitrogen and oxygen atoms in total. The van der Waals surface area contributed by atoms with Crippen LogP contribution in [0.5, 0.6) is 0 Å². The van der Waals surface area contributed by atoms with E-state index in [0.29, 0.717) is 63.7 Å². The summed E-state index contributed by atoms with van der Waals surface area (Å²) in [5, 5.41) is 93.8. The lowest BCUT2D eigenvalue weighted by atomic mass is 9.91. The van der Waals surface area contributed by atoms with E-state index in [1.165, 1.54) is 22.0 Å². The van der Waals surface area contributed by atoms with Gasteiger partial charge in [0.2, 0.25) is 27.7 Å². The minimum Gasteiger partial charge on any atom is -0.390 e. The van der Waals surface area contributed by atoms with E-state index < -0.39 is 48.6 Å². The first-order valence-corrected chi connectivity index (χ1v) is 24.6. The third kappa shape index (κ3) is 9.45. The first-order valence-electron chi connectivity index (χ1n) is 23.4. The van der Waals surface area contributed by atoms with Gasteiger partial charge >= 0.3 is 0 Å². The van der Waals surface area contributed by atoms with Crippen LogP contribution >= 0.6 is 34.8 Å². The van der Waals surface area contributed by atoms with Crippen LogP contribution in [-0.2, 0) is 13.2 Å². The summed E-state index contributed by atoms with van der Waals surface area (Å²) in [6.45, 7) is -0.590. The highest BCUT2D eigenvalue weighted by Gasteiger charge is 2.47. The van der Waals surface area contributed by atoms with Crippen LogP contribution < -0.4 is 21.3 Å². The molecule has 7 aromatic heterocycles. The van der Waals surface area contributed by atoms with E-state index in [2.05, 4.69) is 81.5 Å². The molecule has 0 aliphatic heterocycles. The van der Waals surface area contributed by atoms with Crippen LogP contribution in [0.1, 0.15) is 99.8 Å². The molecule has 0 saturated heterocycles. The number of anilines is 4. The summed E-state index contributed by atoms with van der Waals surface area (Å²) in [4.78, 5) is 43.2. The van der Waals surface area contributed by atoms with Gasteiger partial charge < -0.3 is 61.0 Å². The monoisotopic (exact) mass is 1040 g/mol. The zero-order valence-electron chi connectivity index (χ0n) is 37.6. The second-order valence-corrected chi connectivity index (χ2v) is 19.6. The minimum atomic E-state index is -1.18. The molecule has 7 heterocycles. The molecule has 4 saturated carbocycles. The largest absolute Gasteiger partial charge is 0.390 e. The number of aliphatic hydroxyl groups excluding tert-OH is 6. The van der Waals surface area contributed by atoms with E-state index in [0.717, 1.165) is 44.9 Å². The van der Waals surface area contributed by atoms with Crippen LogP contribution in [0.3, 0.4) is 0 Å². The normalized spacial score (nSPS) is 29.0.